The molecule has 0 saturated carbocycles. The van der Waals surface area contributed by atoms with E-state index in [0.717, 1.165) is 12.1 Å². The summed E-state index contributed by atoms with van der Waals surface area (Å²) in [6.45, 7) is 1.95. The molecule has 0 radical (unpaired) electrons. The number of morpholine rings is 1. The van der Waals surface area contributed by atoms with Gasteiger partial charge in [0, 0.05) is 25.5 Å². The van der Waals surface area contributed by atoms with Crippen LogP contribution in [-0.2, 0) is 4.74 Å². The lowest BCUT2D eigenvalue weighted by Crippen LogP contribution is -2.51. The molecule has 1 amide bonds. The van der Waals surface area contributed by atoms with Crippen LogP contribution in [0.1, 0.15) is 22.0 Å². The number of aromatic nitrogens is 1. The van der Waals surface area contributed by atoms with Crippen LogP contribution in [0, 0.1) is 0 Å². The fourth-order valence-corrected chi connectivity index (χ4v) is 3.14. The summed E-state index contributed by atoms with van der Waals surface area (Å²) in [5.74, 6) is 0.0483. The maximum atomic E-state index is 12.9. The number of nitrogens with one attached hydrogen (secondary N) is 1. The molecule has 1 aromatic carbocycles. The number of hydrogen-bond acceptors (Lipinski definition) is 3. The van der Waals surface area contributed by atoms with Gasteiger partial charge in [0.2, 0.25) is 0 Å². The van der Waals surface area contributed by atoms with Crippen molar-refractivity contribution in [3.63, 3.8) is 0 Å². The van der Waals surface area contributed by atoms with Gasteiger partial charge in [0.25, 0.3) is 5.91 Å². The van der Waals surface area contributed by atoms with Gasteiger partial charge in [-0.1, -0.05) is 30.3 Å². The van der Waals surface area contributed by atoms with Crippen LogP contribution < -0.4 is 0 Å². The summed E-state index contributed by atoms with van der Waals surface area (Å²) in [6.07, 6.45) is 3.49. The average molecular weight is 313 g/mol. The highest BCUT2D eigenvalue weighted by molar-refractivity contribution is 5.94. The molecule has 0 unspecified atom stereocenters. The fraction of sp³-hybridized carbons (Fsp3) is 0.389. The van der Waals surface area contributed by atoms with Crippen molar-refractivity contribution in [3.8, 4) is 0 Å². The molecule has 0 bridgehead atoms. The second-order valence-electron chi connectivity index (χ2n) is 6.13. The van der Waals surface area contributed by atoms with Gasteiger partial charge in [-0.3, -0.25) is 4.79 Å². The molecule has 122 valence electrons. The fourth-order valence-electron chi connectivity index (χ4n) is 3.14. The maximum absolute atomic E-state index is 12.9. The molecule has 0 spiro atoms. The third-order valence-corrected chi connectivity index (χ3v) is 4.14. The van der Waals surface area contributed by atoms with Gasteiger partial charge in [-0.25, -0.2) is 0 Å². The number of amides is 1. The van der Waals surface area contributed by atoms with Crippen molar-refractivity contribution in [2.24, 2.45) is 0 Å². The number of likely N-dealkylation sites (N-methyl/N-ethyl adjacent to an activating group) is 1. The van der Waals surface area contributed by atoms with Crippen LogP contribution in [0.15, 0.2) is 48.8 Å². The number of aromatic amines is 1. The molecule has 0 aliphatic carbocycles. The average Bonchev–Trinajstić information content (AvgIpc) is 3.08. The minimum absolute atomic E-state index is 0.0379. The first-order valence-corrected chi connectivity index (χ1v) is 7.92. The lowest BCUT2D eigenvalue weighted by molar-refractivity contribution is -0.0684. The van der Waals surface area contributed by atoms with Crippen molar-refractivity contribution >= 4 is 5.91 Å². The van der Waals surface area contributed by atoms with Gasteiger partial charge in [0.15, 0.2) is 0 Å². The zero-order valence-corrected chi connectivity index (χ0v) is 13.6. The first-order chi connectivity index (χ1) is 11.2. The third-order valence-electron chi connectivity index (χ3n) is 4.14. The van der Waals surface area contributed by atoms with E-state index in [0.29, 0.717) is 18.7 Å². The molecule has 1 aliphatic heterocycles. The molecule has 2 heterocycles. The van der Waals surface area contributed by atoms with E-state index >= 15 is 0 Å². The van der Waals surface area contributed by atoms with Crippen molar-refractivity contribution in [1.82, 2.24) is 14.8 Å². The number of carbonyl (C=O) groups excluding carboxylic acids is 1. The topological polar surface area (TPSA) is 48.6 Å². The highest BCUT2D eigenvalue weighted by atomic mass is 16.5. The Morgan fingerprint density at radius 2 is 2.09 bits per heavy atom. The molecule has 3 rings (SSSR count). The van der Waals surface area contributed by atoms with E-state index < -0.39 is 0 Å². The predicted octanol–water partition coefficient (Wildman–Crippen LogP) is 2.16. The van der Waals surface area contributed by atoms with E-state index in [2.05, 4.69) is 22.0 Å². The number of carbonyl (C=O) groups is 1. The van der Waals surface area contributed by atoms with E-state index in [4.69, 9.17) is 4.74 Å². The van der Waals surface area contributed by atoms with Crippen molar-refractivity contribution in [1.29, 1.82) is 0 Å². The number of benzene rings is 1. The minimum atomic E-state index is -0.0743. The second-order valence-corrected chi connectivity index (χ2v) is 6.13. The number of H-pyrrole nitrogens is 1. The Hall–Kier alpha value is -2.11. The molecule has 23 heavy (non-hydrogen) atoms. The summed E-state index contributed by atoms with van der Waals surface area (Å²) in [6, 6.07) is 11.9. The Balaban J connectivity index is 1.93. The van der Waals surface area contributed by atoms with Gasteiger partial charge in [-0.15, -0.1) is 0 Å². The predicted molar refractivity (Wildman–Crippen MR) is 89.3 cm³/mol. The molecular formula is C18H23N3O2. The first kappa shape index (κ1) is 15.8. The Bertz CT molecular complexity index is 625. The van der Waals surface area contributed by atoms with Crippen molar-refractivity contribution in [3.05, 3.63) is 59.9 Å². The number of nitrogens with zero attached hydrogens (tertiary/aromatic N) is 2. The molecule has 5 nitrogen and oxygen atoms in total. The summed E-state index contributed by atoms with van der Waals surface area (Å²) >= 11 is 0. The summed E-state index contributed by atoms with van der Waals surface area (Å²) in [4.78, 5) is 19.9. The maximum Gasteiger partial charge on any atom is 0.256 e. The monoisotopic (exact) mass is 313 g/mol. The van der Waals surface area contributed by atoms with Gasteiger partial charge in [-0.2, -0.15) is 0 Å². The first-order valence-electron chi connectivity index (χ1n) is 7.92. The van der Waals surface area contributed by atoms with Crippen LogP contribution in [0.2, 0.25) is 0 Å². The highest BCUT2D eigenvalue weighted by Gasteiger charge is 2.36. The van der Waals surface area contributed by atoms with Gasteiger partial charge in [0.1, 0.15) is 0 Å². The molecule has 1 fully saturated rings. The molecular weight excluding hydrogens is 290 g/mol. The van der Waals surface area contributed by atoms with Gasteiger partial charge < -0.3 is 19.5 Å². The molecule has 2 aromatic rings. The summed E-state index contributed by atoms with van der Waals surface area (Å²) in [7, 11) is 4.05. The van der Waals surface area contributed by atoms with Crippen LogP contribution in [0.3, 0.4) is 0 Å². The van der Waals surface area contributed by atoms with Crippen molar-refractivity contribution in [2.45, 2.75) is 12.1 Å². The van der Waals surface area contributed by atoms with Gasteiger partial charge in [0.05, 0.1) is 24.3 Å². The number of rotatable bonds is 4. The van der Waals surface area contributed by atoms with Crippen molar-refractivity contribution < 1.29 is 9.53 Å². The summed E-state index contributed by atoms with van der Waals surface area (Å²) in [5, 5.41) is 0. The van der Waals surface area contributed by atoms with E-state index in [1.165, 1.54) is 0 Å². The second kappa shape index (κ2) is 6.98. The lowest BCUT2D eigenvalue weighted by Gasteiger charge is -2.42. The van der Waals surface area contributed by atoms with Crippen LogP contribution in [0.25, 0.3) is 0 Å². The third kappa shape index (κ3) is 3.46. The smallest absolute Gasteiger partial charge is 0.256 e. The zero-order chi connectivity index (χ0) is 16.2. The summed E-state index contributed by atoms with van der Waals surface area (Å²) in [5.41, 5.74) is 1.80. The quantitative estimate of drug-likeness (QED) is 0.941. The van der Waals surface area contributed by atoms with Crippen LogP contribution in [0.4, 0.5) is 0 Å². The van der Waals surface area contributed by atoms with E-state index in [1.807, 2.05) is 43.3 Å². The van der Waals surface area contributed by atoms with E-state index in [-0.39, 0.29) is 18.1 Å². The number of hydrogen-bond donors (Lipinski definition) is 1. The normalized spacial score (nSPS) is 21.6. The molecule has 1 aromatic heterocycles. The van der Waals surface area contributed by atoms with Crippen LogP contribution in [0.5, 0.6) is 0 Å². The lowest BCUT2D eigenvalue weighted by atomic mass is 9.97. The molecule has 5 heteroatoms. The Labute approximate surface area is 136 Å². The molecule has 1 saturated heterocycles. The van der Waals surface area contributed by atoms with Crippen LogP contribution >= 0.6 is 0 Å². The van der Waals surface area contributed by atoms with Gasteiger partial charge in [-0.05, 0) is 25.7 Å². The van der Waals surface area contributed by atoms with Gasteiger partial charge >= 0.3 is 0 Å². The Kier molecular flexibility index (Phi) is 4.79. The summed E-state index contributed by atoms with van der Waals surface area (Å²) < 4.78 is 6.01. The number of ether oxygens (including phenoxy) is 1. The zero-order valence-electron chi connectivity index (χ0n) is 13.6. The van der Waals surface area contributed by atoms with E-state index in [1.54, 1.807) is 12.4 Å². The molecule has 2 atom stereocenters. The largest absolute Gasteiger partial charge is 0.373 e. The van der Waals surface area contributed by atoms with Crippen molar-refractivity contribution in [2.75, 3.05) is 33.8 Å². The molecule has 1 aliphatic rings. The minimum Gasteiger partial charge on any atom is -0.373 e. The van der Waals surface area contributed by atoms with E-state index in [9.17, 15) is 4.79 Å². The Morgan fingerprint density at radius 1 is 1.30 bits per heavy atom. The highest BCUT2D eigenvalue weighted by Crippen LogP contribution is 2.31. The Morgan fingerprint density at radius 3 is 2.74 bits per heavy atom. The SMILES string of the molecule is CN(C)C[C@@H]1OCCN(C(=O)c2cc[nH]c2)[C@H]1c1ccccc1. The molecule has 1 N–H and O–H groups in total. The standard InChI is InChI=1S/C18H23N3O2/c1-20(2)13-16-17(14-6-4-3-5-7-14)21(10-11-23-16)18(22)15-8-9-19-12-15/h3-9,12,16-17,19H,10-11,13H2,1-2H3/t16-,17-/m0/s1. The van der Waals surface area contributed by atoms with Crippen LogP contribution in [-0.4, -0.2) is 60.6 Å².